The molecule has 20 heavy (non-hydrogen) atoms. The average Bonchev–Trinajstić information content (AvgIpc) is 2.52. The summed E-state index contributed by atoms with van der Waals surface area (Å²) in [4.78, 5) is 0. The molecule has 0 amide bonds. The lowest BCUT2D eigenvalue weighted by Crippen LogP contribution is -2.27. The fourth-order valence-corrected chi connectivity index (χ4v) is 2.52. The van der Waals surface area contributed by atoms with Crippen LogP contribution in [0.15, 0.2) is 30.3 Å². The SMILES string of the molecule is CCCNCC(OCC1CCOCC1)c1ccccc1. The van der Waals surface area contributed by atoms with Gasteiger partial charge in [-0.05, 0) is 37.3 Å². The van der Waals surface area contributed by atoms with Crippen LogP contribution in [0.1, 0.15) is 37.9 Å². The molecule has 0 aromatic heterocycles. The number of rotatable bonds is 8. The molecule has 1 aromatic rings. The number of nitrogens with one attached hydrogen (secondary N) is 1. The van der Waals surface area contributed by atoms with Gasteiger partial charge in [0.25, 0.3) is 0 Å². The van der Waals surface area contributed by atoms with Gasteiger partial charge in [0, 0.05) is 19.8 Å². The van der Waals surface area contributed by atoms with E-state index in [0.29, 0.717) is 5.92 Å². The summed E-state index contributed by atoms with van der Waals surface area (Å²) in [6.07, 6.45) is 3.57. The molecule has 0 bridgehead atoms. The van der Waals surface area contributed by atoms with Crippen LogP contribution >= 0.6 is 0 Å². The number of benzene rings is 1. The van der Waals surface area contributed by atoms with Crippen molar-refractivity contribution in [1.82, 2.24) is 5.32 Å². The topological polar surface area (TPSA) is 30.5 Å². The monoisotopic (exact) mass is 277 g/mol. The van der Waals surface area contributed by atoms with E-state index in [2.05, 4.69) is 42.6 Å². The summed E-state index contributed by atoms with van der Waals surface area (Å²) in [5.41, 5.74) is 1.27. The van der Waals surface area contributed by atoms with Gasteiger partial charge in [-0.3, -0.25) is 0 Å². The van der Waals surface area contributed by atoms with Crippen molar-refractivity contribution in [1.29, 1.82) is 0 Å². The van der Waals surface area contributed by atoms with E-state index >= 15 is 0 Å². The maximum absolute atomic E-state index is 6.20. The van der Waals surface area contributed by atoms with E-state index < -0.39 is 0 Å². The number of hydrogen-bond acceptors (Lipinski definition) is 3. The minimum Gasteiger partial charge on any atom is -0.381 e. The summed E-state index contributed by atoms with van der Waals surface area (Å²) in [6.45, 7) is 6.74. The molecule has 1 fully saturated rings. The van der Waals surface area contributed by atoms with Crippen molar-refractivity contribution < 1.29 is 9.47 Å². The first-order chi connectivity index (χ1) is 9.90. The smallest absolute Gasteiger partial charge is 0.0949 e. The van der Waals surface area contributed by atoms with Crippen molar-refractivity contribution in [3.63, 3.8) is 0 Å². The number of ether oxygens (including phenoxy) is 2. The largest absolute Gasteiger partial charge is 0.381 e. The summed E-state index contributed by atoms with van der Waals surface area (Å²) in [6, 6.07) is 10.5. The van der Waals surface area contributed by atoms with E-state index in [-0.39, 0.29) is 6.10 Å². The molecule has 3 nitrogen and oxygen atoms in total. The predicted molar refractivity (Wildman–Crippen MR) is 81.8 cm³/mol. The Labute approximate surface area is 122 Å². The minimum atomic E-state index is 0.158. The van der Waals surface area contributed by atoms with Gasteiger partial charge in [-0.15, -0.1) is 0 Å². The highest BCUT2D eigenvalue weighted by Gasteiger charge is 2.17. The normalized spacial score (nSPS) is 18.1. The van der Waals surface area contributed by atoms with E-state index in [1.807, 2.05) is 0 Å². The average molecular weight is 277 g/mol. The summed E-state index contributed by atoms with van der Waals surface area (Å²) >= 11 is 0. The number of hydrogen-bond donors (Lipinski definition) is 1. The Hall–Kier alpha value is -0.900. The molecule has 1 aromatic carbocycles. The zero-order valence-electron chi connectivity index (χ0n) is 12.5. The molecule has 0 saturated carbocycles. The lowest BCUT2D eigenvalue weighted by molar-refractivity contribution is -0.0113. The Morgan fingerprint density at radius 2 is 2.00 bits per heavy atom. The highest BCUT2D eigenvalue weighted by Crippen LogP contribution is 2.21. The van der Waals surface area contributed by atoms with E-state index in [0.717, 1.165) is 52.2 Å². The first kappa shape index (κ1) is 15.5. The summed E-state index contributed by atoms with van der Waals surface area (Å²) < 4.78 is 11.6. The molecular weight excluding hydrogens is 250 g/mol. The third kappa shape index (κ3) is 5.23. The van der Waals surface area contributed by atoms with Gasteiger partial charge < -0.3 is 14.8 Å². The summed E-state index contributed by atoms with van der Waals surface area (Å²) in [5.74, 6) is 0.654. The first-order valence-electron chi connectivity index (χ1n) is 7.85. The van der Waals surface area contributed by atoms with Crippen LogP contribution in [-0.2, 0) is 9.47 Å². The second-order valence-electron chi connectivity index (χ2n) is 5.49. The Kier molecular flexibility index (Phi) is 7.06. The van der Waals surface area contributed by atoms with Crippen molar-refractivity contribution in [2.75, 3.05) is 32.9 Å². The zero-order valence-corrected chi connectivity index (χ0v) is 12.5. The van der Waals surface area contributed by atoms with Gasteiger partial charge >= 0.3 is 0 Å². The van der Waals surface area contributed by atoms with Crippen molar-refractivity contribution in [3.8, 4) is 0 Å². The van der Waals surface area contributed by atoms with Gasteiger partial charge in [-0.25, -0.2) is 0 Å². The molecule has 1 atom stereocenters. The summed E-state index contributed by atoms with van der Waals surface area (Å²) in [5, 5.41) is 3.47. The molecule has 2 rings (SSSR count). The van der Waals surface area contributed by atoms with Gasteiger partial charge in [0.2, 0.25) is 0 Å². The predicted octanol–water partition coefficient (Wildman–Crippen LogP) is 3.17. The molecule has 1 unspecified atom stereocenters. The Balaban J connectivity index is 1.84. The Bertz CT molecular complexity index is 349. The lowest BCUT2D eigenvalue weighted by atomic mass is 10.0. The van der Waals surface area contributed by atoms with Gasteiger partial charge in [-0.2, -0.15) is 0 Å². The molecule has 1 aliphatic heterocycles. The second kappa shape index (κ2) is 9.11. The van der Waals surface area contributed by atoms with Gasteiger partial charge in [0.15, 0.2) is 0 Å². The second-order valence-corrected chi connectivity index (χ2v) is 5.49. The van der Waals surface area contributed by atoms with Crippen LogP contribution in [0.2, 0.25) is 0 Å². The maximum Gasteiger partial charge on any atom is 0.0949 e. The molecule has 1 saturated heterocycles. The highest BCUT2D eigenvalue weighted by atomic mass is 16.5. The third-order valence-corrected chi connectivity index (χ3v) is 3.80. The van der Waals surface area contributed by atoms with Crippen LogP contribution in [0.25, 0.3) is 0 Å². The molecule has 0 aliphatic carbocycles. The highest BCUT2D eigenvalue weighted by molar-refractivity contribution is 5.17. The van der Waals surface area contributed by atoms with Gasteiger partial charge in [0.1, 0.15) is 0 Å². The van der Waals surface area contributed by atoms with Crippen molar-refractivity contribution >= 4 is 0 Å². The first-order valence-corrected chi connectivity index (χ1v) is 7.85. The van der Waals surface area contributed by atoms with Crippen molar-refractivity contribution in [2.24, 2.45) is 5.92 Å². The zero-order chi connectivity index (χ0) is 14.0. The molecule has 112 valence electrons. The maximum atomic E-state index is 6.20. The summed E-state index contributed by atoms with van der Waals surface area (Å²) in [7, 11) is 0. The standard InChI is InChI=1S/C17H27NO2/c1-2-10-18-13-17(16-6-4-3-5-7-16)20-14-15-8-11-19-12-9-15/h3-7,15,17-18H,2,8-14H2,1H3. The third-order valence-electron chi connectivity index (χ3n) is 3.80. The Morgan fingerprint density at radius 1 is 1.25 bits per heavy atom. The van der Waals surface area contributed by atoms with E-state index in [4.69, 9.17) is 9.47 Å². The van der Waals surface area contributed by atoms with Gasteiger partial charge in [0.05, 0.1) is 12.7 Å². The van der Waals surface area contributed by atoms with Crippen LogP contribution in [0.3, 0.4) is 0 Å². The minimum absolute atomic E-state index is 0.158. The fourth-order valence-electron chi connectivity index (χ4n) is 2.52. The molecule has 1 N–H and O–H groups in total. The molecule has 1 aliphatic rings. The molecular formula is C17H27NO2. The van der Waals surface area contributed by atoms with Crippen molar-refractivity contribution in [2.45, 2.75) is 32.3 Å². The van der Waals surface area contributed by atoms with Crippen LogP contribution in [0, 0.1) is 5.92 Å². The van der Waals surface area contributed by atoms with E-state index in [9.17, 15) is 0 Å². The van der Waals surface area contributed by atoms with E-state index in [1.165, 1.54) is 5.56 Å². The van der Waals surface area contributed by atoms with Crippen LogP contribution in [-0.4, -0.2) is 32.9 Å². The lowest BCUT2D eigenvalue weighted by Gasteiger charge is -2.25. The molecule has 0 radical (unpaired) electrons. The molecule has 0 spiro atoms. The Morgan fingerprint density at radius 3 is 2.70 bits per heavy atom. The van der Waals surface area contributed by atoms with Gasteiger partial charge in [-0.1, -0.05) is 37.3 Å². The van der Waals surface area contributed by atoms with Crippen molar-refractivity contribution in [3.05, 3.63) is 35.9 Å². The van der Waals surface area contributed by atoms with Crippen LogP contribution < -0.4 is 5.32 Å². The van der Waals surface area contributed by atoms with Crippen LogP contribution in [0.4, 0.5) is 0 Å². The quantitative estimate of drug-likeness (QED) is 0.740. The molecule has 1 heterocycles. The molecule has 3 heteroatoms. The van der Waals surface area contributed by atoms with Crippen LogP contribution in [0.5, 0.6) is 0 Å². The van der Waals surface area contributed by atoms with E-state index in [1.54, 1.807) is 0 Å². The fraction of sp³-hybridized carbons (Fsp3) is 0.647.